The van der Waals surface area contributed by atoms with Crippen molar-refractivity contribution in [3.05, 3.63) is 28.2 Å². The Kier molecular flexibility index (Phi) is 4.17. The highest BCUT2D eigenvalue weighted by molar-refractivity contribution is 9.10. The normalized spacial score (nSPS) is 19.2. The van der Waals surface area contributed by atoms with E-state index in [0.29, 0.717) is 27.9 Å². The first-order chi connectivity index (χ1) is 9.54. The fraction of sp³-hybridized carbons (Fsp3) is 0.571. The van der Waals surface area contributed by atoms with Gasteiger partial charge >= 0.3 is 0 Å². The molecule has 0 bridgehead atoms. The predicted octanol–water partition coefficient (Wildman–Crippen LogP) is 2.39. The molecule has 0 aromatic heterocycles. The van der Waals surface area contributed by atoms with E-state index in [1.807, 2.05) is 12.1 Å². The summed E-state index contributed by atoms with van der Waals surface area (Å²) in [5.74, 6) is 0.533. The van der Waals surface area contributed by atoms with Crippen molar-refractivity contribution in [2.24, 2.45) is 5.92 Å². The summed E-state index contributed by atoms with van der Waals surface area (Å²) in [5, 5.41) is 3.42. The van der Waals surface area contributed by atoms with E-state index >= 15 is 0 Å². The van der Waals surface area contributed by atoms with Crippen LogP contribution in [0.1, 0.15) is 31.2 Å². The van der Waals surface area contributed by atoms with Crippen molar-refractivity contribution in [1.82, 2.24) is 10.0 Å². The maximum Gasteiger partial charge on any atom is 0.241 e. The highest BCUT2D eigenvalue weighted by Gasteiger charge is 2.25. The van der Waals surface area contributed by atoms with Gasteiger partial charge in [0, 0.05) is 23.6 Å². The monoisotopic (exact) mass is 358 g/mol. The first-order valence-corrected chi connectivity index (χ1v) is 9.34. The largest absolute Gasteiger partial charge is 0.310 e. The zero-order valence-corrected chi connectivity index (χ0v) is 13.6. The first-order valence-electron chi connectivity index (χ1n) is 7.06. The first kappa shape index (κ1) is 14.5. The van der Waals surface area contributed by atoms with E-state index in [0.717, 1.165) is 24.9 Å². The molecule has 2 N–H and O–H groups in total. The Morgan fingerprint density at radius 2 is 1.95 bits per heavy atom. The Bertz CT molecular complexity index is 595. The van der Waals surface area contributed by atoms with Gasteiger partial charge in [0.2, 0.25) is 10.0 Å². The van der Waals surface area contributed by atoms with Crippen LogP contribution in [-0.4, -0.2) is 21.0 Å². The van der Waals surface area contributed by atoms with Gasteiger partial charge in [-0.25, -0.2) is 13.1 Å². The average Bonchev–Trinajstić information content (AvgIpc) is 3.27. The van der Waals surface area contributed by atoms with Crippen molar-refractivity contribution in [2.75, 3.05) is 6.54 Å². The predicted molar refractivity (Wildman–Crippen MR) is 81.9 cm³/mol. The summed E-state index contributed by atoms with van der Waals surface area (Å²) >= 11 is 3.38. The fourth-order valence-corrected chi connectivity index (χ4v) is 4.29. The molecule has 2 fully saturated rings. The minimum Gasteiger partial charge on any atom is -0.310 e. The van der Waals surface area contributed by atoms with Crippen LogP contribution < -0.4 is 10.0 Å². The number of hydrogen-bond acceptors (Lipinski definition) is 3. The molecule has 20 heavy (non-hydrogen) atoms. The standard InChI is InChI=1S/C14H19BrN2O2S/c15-13-7-11(8-16-12-4-5-12)3-6-14(13)20(18,19)17-9-10-1-2-10/h3,6-7,10,12,16-17H,1-2,4-5,8-9H2. The molecule has 0 heterocycles. The van der Waals surface area contributed by atoms with Gasteiger partial charge in [-0.1, -0.05) is 6.07 Å². The molecule has 3 rings (SSSR count). The molecule has 0 saturated heterocycles. The van der Waals surface area contributed by atoms with Gasteiger partial charge < -0.3 is 5.32 Å². The Labute approximate surface area is 128 Å². The lowest BCUT2D eigenvalue weighted by molar-refractivity contribution is 0.577. The maximum absolute atomic E-state index is 12.2. The second kappa shape index (κ2) is 5.75. The van der Waals surface area contributed by atoms with Gasteiger partial charge in [-0.3, -0.25) is 0 Å². The van der Waals surface area contributed by atoms with Crippen LogP contribution in [0.25, 0.3) is 0 Å². The third-order valence-electron chi connectivity index (χ3n) is 3.72. The summed E-state index contributed by atoms with van der Waals surface area (Å²) in [6, 6.07) is 6.10. The van der Waals surface area contributed by atoms with Gasteiger partial charge in [-0.05, 0) is 65.2 Å². The van der Waals surface area contributed by atoms with E-state index in [2.05, 4.69) is 26.0 Å². The van der Waals surface area contributed by atoms with Gasteiger partial charge in [-0.15, -0.1) is 0 Å². The van der Waals surface area contributed by atoms with Gasteiger partial charge in [0.15, 0.2) is 0 Å². The molecule has 0 amide bonds. The third kappa shape index (κ3) is 3.81. The Balaban J connectivity index is 1.67. The minimum atomic E-state index is -3.40. The summed E-state index contributed by atoms with van der Waals surface area (Å²) in [6.07, 6.45) is 4.77. The van der Waals surface area contributed by atoms with Crippen LogP contribution >= 0.6 is 15.9 Å². The van der Waals surface area contributed by atoms with Gasteiger partial charge in [-0.2, -0.15) is 0 Å². The second-order valence-electron chi connectivity index (χ2n) is 5.72. The molecule has 110 valence electrons. The highest BCUT2D eigenvalue weighted by Crippen LogP contribution is 2.29. The molecule has 2 aliphatic rings. The fourth-order valence-electron chi connectivity index (χ4n) is 2.05. The Hall–Kier alpha value is -0.430. The maximum atomic E-state index is 12.2. The van der Waals surface area contributed by atoms with Gasteiger partial charge in [0.25, 0.3) is 0 Å². The summed E-state index contributed by atoms with van der Waals surface area (Å²) in [6.45, 7) is 1.35. The lowest BCUT2D eigenvalue weighted by Crippen LogP contribution is -2.26. The summed E-state index contributed by atoms with van der Waals surface area (Å²) in [7, 11) is -3.40. The zero-order chi connectivity index (χ0) is 14.2. The summed E-state index contributed by atoms with van der Waals surface area (Å²) in [5.41, 5.74) is 1.10. The number of rotatable bonds is 7. The van der Waals surface area contributed by atoms with Crippen LogP contribution in [0.3, 0.4) is 0 Å². The van der Waals surface area contributed by atoms with E-state index in [1.54, 1.807) is 6.07 Å². The van der Waals surface area contributed by atoms with Crippen molar-refractivity contribution in [2.45, 2.75) is 43.2 Å². The Morgan fingerprint density at radius 1 is 1.20 bits per heavy atom. The molecule has 0 atom stereocenters. The van der Waals surface area contributed by atoms with Crippen molar-refractivity contribution >= 4 is 26.0 Å². The van der Waals surface area contributed by atoms with E-state index < -0.39 is 10.0 Å². The summed E-state index contributed by atoms with van der Waals surface area (Å²) < 4.78 is 27.8. The van der Waals surface area contributed by atoms with Crippen LogP contribution in [-0.2, 0) is 16.6 Å². The Morgan fingerprint density at radius 3 is 2.55 bits per heavy atom. The van der Waals surface area contributed by atoms with Crippen LogP contribution in [0.5, 0.6) is 0 Å². The number of hydrogen-bond donors (Lipinski definition) is 2. The summed E-state index contributed by atoms with van der Waals surface area (Å²) in [4.78, 5) is 0.327. The molecule has 2 saturated carbocycles. The van der Waals surface area contributed by atoms with Crippen LogP contribution in [0.2, 0.25) is 0 Å². The SMILES string of the molecule is O=S(=O)(NCC1CC1)c1ccc(CNC2CC2)cc1Br. The van der Waals surface area contributed by atoms with Crippen molar-refractivity contribution in [1.29, 1.82) is 0 Å². The van der Waals surface area contributed by atoms with Crippen molar-refractivity contribution in [3.63, 3.8) is 0 Å². The highest BCUT2D eigenvalue weighted by atomic mass is 79.9. The zero-order valence-electron chi connectivity index (χ0n) is 11.2. The van der Waals surface area contributed by atoms with Gasteiger partial charge in [0.05, 0.1) is 4.90 Å². The lowest BCUT2D eigenvalue weighted by atomic mass is 10.2. The second-order valence-corrected chi connectivity index (χ2v) is 8.30. The quantitative estimate of drug-likeness (QED) is 0.786. The van der Waals surface area contributed by atoms with Crippen LogP contribution in [0, 0.1) is 5.92 Å². The van der Waals surface area contributed by atoms with Gasteiger partial charge in [0.1, 0.15) is 0 Å². The van der Waals surface area contributed by atoms with E-state index in [4.69, 9.17) is 0 Å². The van der Waals surface area contributed by atoms with Crippen molar-refractivity contribution < 1.29 is 8.42 Å². The topological polar surface area (TPSA) is 58.2 Å². The molecule has 1 aromatic carbocycles. The third-order valence-corrected chi connectivity index (χ3v) is 6.12. The molecule has 1 aromatic rings. The molecule has 0 spiro atoms. The average molecular weight is 359 g/mol. The molecular weight excluding hydrogens is 340 g/mol. The number of halogens is 1. The van der Waals surface area contributed by atoms with Crippen LogP contribution in [0.4, 0.5) is 0 Å². The van der Waals surface area contributed by atoms with Crippen molar-refractivity contribution in [3.8, 4) is 0 Å². The van der Waals surface area contributed by atoms with Crippen LogP contribution in [0.15, 0.2) is 27.6 Å². The van der Waals surface area contributed by atoms with E-state index in [1.165, 1.54) is 12.8 Å². The molecule has 2 aliphatic carbocycles. The molecule has 6 heteroatoms. The van der Waals surface area contributed by atoms with E-state index in [9.17, 15) is 8.42 Å². The lowest BCUT2D eigenvalue weighted by Gasteiger charge is -2.10. The molecule has 0 radical (unpaired) electrons. The minimum absolute atomic E-state index is 0.327. The molecule has 0 aliphatic heterocycles. The van der Waals surface area contributed by atoms with E-state index in [-0.39, 0.29) is 0 Å². The number of nitrogens with one attached hydrogen (secondary N) is 2. The molecular formula is C14H19BrN2O2S. The molecule has 0 unspecified atom stereocenters. The molecule has 4 nitrogen and oxygen atoms in total. The smallest absolute Gasteiger partial charge is 0.241 e. The number of benzene rings is 1. The number of sulfonamides is 1.